The molecule has 1 amide bonds. The van der Waals surface area contributed by atoms with Crippen molar-refractivity contribution in [3.8, 4) is 5.75 Å². The molecule has 8 heteroatoms. The summed E-state index contributed by atoms with van der Waals surface area (Å²) in [6, 6.07) is 4.54. The molecule has 1 saturated heterocycles. The lowest BCUT2D eigenvalue weighted by Gasteiger charge is -2.33. The van der Waals surface area contributed by atoms with Crippen molar-refractivity contribution in [3.05, 3.63) is 40.1 Å². The molecule has 0 N–H and O–H groups in total. The lowest BCUT2D eigenvalue weighted by molar-refractivity contribution is -0.137. The van der Waals surface area contributed by atoms with E-state index in [9.17, 15) is 9.59 Å². The Morgan fingerprint density at radius 2 is 2.23 bits per heavy atom. The number of aliphatic imine (C=N–C) groups is 1. The minimum absolute atomic E-state index is 0.117. The third-order valence-electron chi connectivity index (χ3n) is 4.12. The quantitative estimate of drug-likeness (QED) is 0.714. The number of rotatable bonds is 5. The Morgan fingerprint density at radius 1 is 1.46 bits per heavy atom. The second kappa shape index (κ2) is 7.72. The highest BCUT2D eigenvalue weighted by atomic mass is 35.5. The van der Waals surface area contributed by atoms with E-state index < -0.39 is 12.0 Å². The second-order valence-electron chi connectivity index (χ2n) is 5.87. The molecule has 0 bridgehead atoms. The third kappa shape index (κ3) is 3.33. The summed E-state index contributed by atoms with van der Waals surface area (Å²) in [7, 11) is 1.31. The average Bonchev–Trinajstić information content (AvgIpc) is 2.99. The molecule has 0 aromatic heterocycles. The van der Waals surface area contributed by atoms with Crippen molar-refractivity contribution in [1.82, 2.24) is 4.90 Å². The highest BCUT2D eigenvalue weighted by Gasteiger charge is 2.44. The van der Waals surface area contributed by atoms with E-state index in [4.69, 9.17) is 21.1 Å². The van der Waals surface area contributed by atoms with Crippen molar-refractivity contribution in [2.24, 2.45) is 4.99 Å². The van der Waals surface area contributed by atoms with Gasteiger partial charge in [0.25, 0.3) is 0 Å². The first-order chi connectivity index (χ1) is 12.5. The van der Waals surface area contributed by atoms with Crippen molar-refractivity contribution in [2.75, 3.05) is 19.5 Å². The van der Waals surface area contributed by atoms with Gasteiger partial charge >= 0.3 is 5.97 Å². The van der Waals surface area contributed by atoms with Crippen LogP contribution in [0, 0.1) is 0 Å². The number of methoxy groups -OCH3 is 1. The van der Waals surface area contributed by atoms with Gasteiger partial charge in [-0.1, -0.05) is 30.3 Å². The van der Waals surface area contributed by atoms with Crippen LogP contribution in [0.5, 0.6) is 5.75 Å². The Morgan fingerprint density at radius 3 is 2.92 bits per heavy atom. The van der Waals surface area contributed by atoms with E-state index in [2.05, 4.69) is 4.99 Å². The van der Waals surface area contributed by atoms with Gasteiger partial charge in [-0.25, -0.2) is 9.79 Å². The molecule has 3 rings (SSSR count). The van der Waals surface area contributed by atoms with Crippen LogP contribution in [0.4, 0.5) is 0 Å². The Bertz CT molecular complexity index is 821. The van der Waals surface area contributed by atoms with E-state index in [1.165, 1.54) is 23.8 Å². The summed E-state index contributed by atoms with van der Waals surface area (Å²) < 4.78 is 10.8. The van der Waals surface area contributed by atoms with Crippen LogP contribution in [0.3, 0.4) is 0 Å². The van der Waals surface area contributed by atoms with Gasteiger partial charge < -0.3 is 9.47 Å². The largest absolute Gasteiger partial charge is 0.493 e. The van der Waals surface area contributed by atoms with Crippen molar-refractivity contribution < 1.29 is 19.1 Å². The van der Waals surface area contributed by atoms with Crippen LogP contribution in [0.1, 0.15) is 31.9 Å². The zero-order valence-electron chi connectivity index (χ0n) is 14.7. The first-order valence-corrected chi connectivity index (χ1v) is 9.59. The zero-order valence-corrected chi connectivity index (χ0v) is 16.3. The molecule has 6 nitrogen and oxygen atoms in total. The number of thioether (sulfide) groups is 1. The van der Waals surface area contributed by atoms with E-state index in [-0.39, 0.29) is 11.7 Å². The summed E-state index contributed by atoms with van der Waals surface area (Å²) >= 11 is 7.57. The number of hydrogen-bond donors (Lipinski definition) is 0. The Kier molecular flexibility index (Phi) is 5.58. The number of allylic oxidation sites excluding steroid dienone is 1. The molecule has 0 spiro atoms. The molecular weight excluding hydrogens is 376 g/mol. The van der Waals surface area contributed by atoms with Gasteiger partial charge in [0.2, 0.25) is 5.91 Å². The number of nitrogens with zero attached hydrogens (tertiary/aromatic N) is 2. The SMILES string of the molecule is CCCOc1ccc(Cl)cc1[C@H]1C(C(=O)OC)=C(C)N=C2SCC(=O)N21. The van der Waals surface area contributed by atoms with Crippen LogP contribution in [-0.2, 0) is 14.3 Å². The molecule has 1 aromatic rings. The van der Waals surface area contributed by atoms with E-state index in [0.717, 1.165) is 6.42 Å². The second-order valence-corrected chi connectivity index (χ2v) is 7.25. The van der Waals surface area contributed by atoms with E-state index in [1.807, 2.05) is 6.92 Å². The van der Waals surface area contributed by atoms with Crippen molar-refractivity contribution >= 4 is 40.4 Å². The molecule has 138 valence electrons. The molecule has 0 aliphatic carbocycles. The number of amides is 1. The highest BCUT2D eigenvalue weighted by Crippen LogP contribution is 2.44. The van der Waals surface area contributed by atoms with Gasteiger partial charge in [-0.2, -0.15) is 0 Å². The molecule has 1 fully saturated rings. The lowest BCUT2D eigenvalue weighted by atomic mass is 9.93. The monoisotopic (exact) mass is 394 g/mol. The van der Waals surface area contributed by atoms with Crippen molar-refractivity contribution in [1.29, 1.82) is 0 Å². The molecule has 0 saturated carbocycles. The van der Waals surface area contributed by atoms with E-state index in [0.29, 0.717) is 39.4 Å². The van der Waals surface area contributed by atoms with Crippen LogP contribution in [0.25, 0.3) is 0 Å². The summed E-state index contributed by atoms with van der Waals surface area (Å²) in [5, 5.41) is 1.07. The fourth-order valence-corrected chi connectivity index (χ4v) is 4.10. The van der Waals surface area contributed by atoms with Gasteiger partial charge in [-0.05, 0) is 31.5 Å². The number of ether oxygens (including phenoxy) is 2. The Labute approximate surface area is 161 Å². The molecule has 1 atom stereocenters. The Balaban J connectivity index is 2.19. The van der Waals surface area contributed by atoms with Gasteiger partial charge in [0, 0.05) is 10.6 Å². The van der Waals surface area contributed by atoms with Gasteiger partial charge in [0.15, 0.2) is 5.17 Å². The van der Waals surface area contributed by atoms with Crippen LogP contribution < -0.4 is 4.74 Å². The average molecular weight is 395 g/mol. The molecular formula is C18H19ClN2O4S. The minimum atomic E-state index is -0.678. The molecule has 2 aliphatic rings. The fraction of sp³-hybridized carbons (Fsp3) is 0.389. The van der Waals surface area contributed by atoms with Gasteiger partial charge in [-0.3, -0.25) is 9.69 Å². The molecule has 0 radical (unpaired) electrons. The number of hydrogen-bond acceptors (Lipinski definition) is 6. The number of benzene rings is 1. The van der Waals surface area contributed by atoms with Gasteiger partial charge in [-0.15, -0.1) is 0 Å². The topological polar surface area (TPSA) is 68.2 Å². The van der Waals surface area contributed by atoms with E-state index in [1.54, 1.807) is 25.1 Å². The molecule has 0 unspecified atom stereocenters. The number of esters is 1. The minimum Gasteiger partial charge on any atom is -0.493 e. The maximum Gasteiger partial charge on any atom is 0.338 e. The standard InChI is InChI=1S/C18H19ClN2O4S/c1-4-7-25-13-6-5-11(19)8-12(13)16-15(17(23)24-3)10(2)20-18-21(16)14(22)9-26-18/h5-6,8,16H,4,7,9H2,1-3H3/t16-/m0/s1. The van der Waals surface area contributed by atoms with Crippen LogP contribution in [0.15, 0.2) is 34.5 Å². The van der Waals surface area contributed by atoms with Crippen LogP contribution in [-0.4, -0.2) is 41.4 Å². The third-order valence-corrected chi connectivity index (χ3v) is 5.29. The predicted octanol–water partition coefficient (Wildman–Crippen LogP) is 3.56. The Hall–Kier alpha value is -1.99. The smallest absolute Gasteiger partial charge is 0.338 e. The predicted molar refractivity (Wildman–Crippen MR) is 101 cm³/mol. The number of fused-ring (bicyclic) bond motifs is 1. The first kappa shape index (κ1) is 18.8. The molecule has 2 heterocycles. The number of amidine groups is 1. The maximum atomic E-state index is 12.5. The maximum absolute atomic E-state index is 12.5. The fourth-order valence-electron chi connectivity index (χ4n) is 2.98. The first-order valence-electron chi connectivity index (χ1n) is 8.22. The van der Waals surface area contributed by atoms with Crippen molar-refractivity contribution in [2.45, 2.75) is 26.3 Å². The molecule has 2 aliphatic heterocycles. The summed E-state index contributed by atoms with van der Waals surface area (Å²) in [4.78, 5) is 31.0. The summed E-state index contributed by atoms with van der Waals surface area (Å²) in [6.45, 7) is 4.26. The van der Waals surface area contributed by atoms with E-state index >= 15 is 0 Å². The normalized spacial score (nSPS) is 19.4. The van der Waals surface area contributed by atoms with Gasteiger partial charge in [0.1, 0.15) is 11.8 Å². The lowest BCUT2D eigenvalue weighted by Crippen LogP contribution is -2.39. The van der Waals surface area contributed by atoms with Crippen molar-refractivity contribution in [3.63, 3.8) is 0 Å². The number of halogens is 1. The summed E-state index contributed by atoms with van der Waals surface area (Å²) in [6.07, 6.45) is 0.830. The van der Waals surface area contributed by atoms with Crippen LogP contribution >= 0.6 is 23.4 Å². The zero-order chi connectivity index (χ0) is 18.8. The summed E-state index contributed by atoms with van der Waals surface area (Å²) in [5.74, 6) is 0.222. The van der Waals surface area contributed by atoms with Gasteiger partial charge in [0.05, 0.1) is 30.7 Å². The highest BCUT2D eigenvalue weighted by molar-refractivity contribution is 8.15. The van der Waals surface area contributed by atoms with Crippen LogP contribution in [0.2, 0.25) is 5.02 Å². The molecule has 26 heavy (non-hydrogen) atoms. The number of carbonyl (C=O) groups is 2. The summed E-state index contributed by atoms with van der Waals surface area (Å²) in [5.41, 5.74) is 1.49. The number of carbonyl (C=O) groups excluding carboxylic acids is 2. The molecule has 1 aromatic carbocycles.